The van der Waals surface area contributed by atoms with Crippen LogP contribution in [0.1, 0.15) is 42.3 Å². The van der Waals surface area contributed by atoms with Gasteiger partial charge in [-0.15, -0.1) is 0 Å². The van der Waals surface area contributed by atoms with Crippen LogP contribution in [0.2, 0.25) is 0 Å². The van der Waals surface area contributed by atoms with E-state index in [0.717, 1.165) is 5.52 Å². The van der Waals surface area contributed by atoms with Gasteiger partial charge in [0.05, 0.1) is 42.9 Å². The molecule has 9 nitrogen and oxygen atoms in total. The number of carboxylic acids is 1. The van der Waals surface area contributed by atoms with Crippen LogP contribution in [0, 0.1) is 0 Å². The van der Waals surface area contributed by atoms with E-state index < -0.39 is 30.0 Å². The first-order valence-electron chi connectivity index (χ1n) is 13.3. The number of aromatic nitrogens is 2. The van der Waals surface area contributed by atoms with Gasteiger partial charge in [-0.05, 0) is 24.3 Å². The summed E-state index contributed by atoms with van der Waals surface area (Å²) >= 11 is 0. The van der Waals surface area contributed by atoms with Gasteiger partial charge in [-0.1, -0.05) is 25.1 Å². The Hall–Kier alpha value is -4.74. The minimum Gasteiger partial charge on any atom is -0.497 e. The second-order valence-corrected chi connectivity index (χ2v) is 10.1. The number of nitrogens with zero attached hydrogens (tertiary/aromatic N) is 3. The molecule has 2 aliphatic heterocycles. The molecule has 0 spiro atoms. The summed E-state index contributed by atoms with van der Waals surface area (Å²) in [5.41, 5.74) is 2.97. The van der Waals surface area contributed by atoms with E-state index in [-0.39, 0.29) is 31.1 Å². The molecule has 0 saturated carbocycles. The van der Waals surface area contributed by atoms with Crippen LogP contribution in [0.3, 0.4) is 0 Å². The number of hydrogen-bond donors (Lipinski definition) is 1. The second-order valence-electron chi connectivity index (χ2n) is 10.1. The molecule has 3 heterocycles. The molecule has 1 N–H and O–H groups in total. The highest BCUT2D eigenvalue weighted by Crippen LogP contribution is 2.46. The molecule has 0 saturated heterocycles. The van der Waals surface area contributed by atoms with Gasteiger partial charge in [-0.2, -0.15) is 13.2 Å². The molecule has 12 heteroatoms. The average molecular weight is 582 g/mol. The van der Waals surface area contributed by atoms with Gasteiger partial charge in [-0.25, -0.2) is 4.98 Å². The number of aryl methyl sites for hydroxylation is 1. The maximum atomic E-state index is 14.0. The summed E-state index contributed by atoms with van der Waals surface area (Å²) in [6.07, 6.45) is -4.78. The number of anilines is 1. The molecule has 0 fully saturated rings. The fourth-order valence-electron chi connectivity index (χ4n) is 5.71. The Morgan fingerprint density at radius 2 is 1.90 bits per heavy atom. The van der Waals surface area contributed by atoms with E-state index in [1.165, 1.54) is 18.2 Å². The van der Waals surface area contributed by atoms with Crippen molar-refractivity contribution < 1.29 is 42.1 Å². The van der Waals surface area contributed by atoms with Crippen LogP contribution in [0.15, 0.2) is 54.6 Å². The van der Waals surface area contributed by atoms with E-state index in [2.05, 4.69) is 0 Å². The number of para-hydroxylation sites is 1. The van der Waals surface area contributed by atoms with Gasteiger partial charge < -0.3 is 19.3 Å². The molecule has 1 amide bonds. The highest BCUT2D eigenvalue weighted by molar-refractivity contribution is 5.98. The number of alkyl halides is 3. The van der Waals surface area contributed by atoms with Gasteiger partial charge in [0.15, 0.2) is 0 Å². The molecule has 0 unspecified atom stereocenters. The third-order valence-corrected chi connectivity index (χ3v) is 7.61. The smallest absolute Gasteiger partial charge is 0.471 e. The number of amides is 1. The van der Waals surface area contributed by atoms with Crippen LogP contribution in [-0.4, -0.2) is 53.0 Å². The van der Waals surface area contributed by atoms with Crippen LogP contribution in [-0.2, 0) is 16.0 Å². The summed E-state index contributed by atoms with van der Waals surface area (Å²) in [5.74, 6) is -1.58. The highest BCUT2D eigenvalue weighted by Gasteiger charge is 2.48. The number of carbonyl (C=O) groups excluding carboxylic acids is 1. The number of imidazole rings is 1. The van der Waals surface area contributed by atoms with Crippen molar-refractivity contribution in [3.63, 3.8) is 0 Å². The first kappa shape index (κ1) is 27.4. The summed E-state index contributed by atoms with van der Waals surface area (Å²) in [6, 6.07) is 13.8. The number of carboxylic acid groups (broad SMARTS) is 1. The van der Waals surface area contributed by atoms with Crippen molar-refractivity contribution in [2.45, 2.75) is 37.9 Å². The Kier molecular flexibility index (Phi) is 6.71. The summed E-state index contributed by atoms with van der Waals surface area (Å²) < 4.78 is 60.9. The number of carbonyl (C=O) groups is 2. The van der Waals surface area contributed by atoms with Gasteiger partial charge in [0.1, 0.15) is 29.7 Å². The second kappa shape index (κ2) is 10.3. The number of methoxy groups -OCH3 is 1. The number of hydrogen-bond acceptors (Lipinski definition) is 6. The van der Waals surface area contributed by atoms with E-state index in [4.69, 9.17) is 19.2 Å². The minimum atomic E-state index is -5.17. The van der Waals surface area contributed by atoms with Gasteiger partial charge >= 0.3 is 18.1 Å². The number of fused-ring (bicyclic) bond motifs is 3. The monoisotopic (exact) mass is 581 g/mol. The lowest BCUT2D eigenvalue weighted by Crippen LogP contribution is -2.44. The quantitative estimate of drug-likeness (QED) is 0.304. The van der Waals surface area contributed by atoms with Crippen molar-refractivity contribution in [3.8, 4) is 22.9 Å². The maximum absolute atomic E-state index is 14.0. The van der Waals surface area contributed by atoms with Crippen LogP contribution in [0.25, 0.3) is 16.7 Å². The lowest BCUT2D eigenvalue weighted by atomic mass is 9.97. The molecule has 218 valence electrons. The largest absolute Gasteiger partial charge is 0.497 e. The lowest BCUT2D eigenvalue weighted by molar-refractivity contribution is -0.171. The summed E-state index contributed by atoms with van der Waals surface area (Å²) in [7, 11) is 1.55. The average Bonchev–Trinajstić information content (AvgIpc) is 3.67. The van der Waals surface area contributed by atoms with Crippen LogP contribution in [0.5, 0.6) is 17.2 Å². The maximum Gasteiger partial charge on any atom is 0.471 e. The number of rotatable bonds is 7. The molecule has 1 aromatic heterocycles. The molecule has 2 atom stereocenters. The number of benzene rings is 3. The standard InChI is InChI=1S/C30H26F3N3O6/c1-3-26-34-21-10-8-18(40-2)13-23(21)36(26)22-6-4-5-20-24(15-42-28(20)22)35(29(39)30(31,32)33)17-7-9-19-16(11-27(37)38)14-41-25(19)12-17/h4-10,12-13,16,24H,3,11,14-15H2,1-2H3,(H,37,38)/t16-,24-/m1/s1. The number of halogens is 3. The fraction of sp³-hybridized carbons (Fsp3) is 0.300. The molecule has 0 bridgehead atoms. The highest BCUT2D eigenvalue weighted by atomic mass is 19.4. The topological polar surface area (TPSA) is 103 Å². The Labute approximate surface area is 238 Å². The van der Waals surface area contributed by atoms with Crippen LogP contribution >= 0.6 is 0 Å². The molecule has 0 radical (unpaired) electrons. The van der Waals surface area contributed by atoms with Crippen LogP contribution < -0.4 is 19.1 Å². The van der Waals surface area contributed by atoms with E-state index in [0.29, 0.717) is 51.0 Å². The Morgan fingerprint density at radius 3 is 2.62 bits per heavy atom. The van der Waals surface area contributed by atoms with Crippen molar-refractivity contribution in [2.75, 3.05) is 25.2 Å². The van der Waals surface area contributed by atoms with E-state index in [1.807, 2.05) is 23.6 Å². The number of ether oxygens (including phenoxy) is 3. The first-order valence-corrected chi connectivity index (χ1v) is 13.3. The van der Waals surface area contributed by atoms with Crippen molar-refractivity contribution in [3.05, 3.63) is 71.5 Å². The molecular weight excluding hydrogens is 555 g/mol. The van der Waals surface area contributed by atoms with Crippen molar-refractivity contribution in [1.29, 1.82) is 0 Å². The molecule has 2 aliphatic rings. The minimum absolute atomic E-state index is 0.0361. The molecule has 42 heavy (non-hydrogen) atoms. The van der Waals surface area contributed by atoms with Crippen molar-refractivity contribution in [1.82, 2.24) is 9.55 Å². The first-order chi connectivity index (χ1) is 20.1. The van der Waals surface area contributed by atoms with Crippen molar-refractivity contribution in [2.24, 2.45) is 0 Å². The zero-order valence-corrected chi connectivity index (χ0v) is 22.6. The third-order valence-electron chi connectivity index (χ3n) is 7.61. The normalized spacial score (nSPS) is 17.4. The Bertz CT molecular complexity index is 1720. The van der Waals surface area contributed by atoms with E-state index in [9.17, 15) is 27.9 Å². The molecular formula is C30H26F3N3O6. The van der Waals surface area contributed by atoms with Crippen LogP contribution in [0.4, 0.5) is 18.9 Å². The third kappa shape index (κ3) is 4.56. The molecule has 0 aliphatic carbocycles. The van der Waals surface area contributed by atoms with Gasteiger partial charge in [0.2, 0.25) is 0 Å². The van der Waals surface area contributed by atoms with Gasteiger partial charge in [0, 0.05) is 41.3 Å². The van der Waals surface area contributed by atoms with Gasteiger partial charge in [-0.3, -0.25) is 19.1 Å². The van der Waals surface area contributed by atoms with E-state index >= 15 is 0 Å². The number of aliphatic carboxylic acids is 1. The molecule has 4 aromatic rings. The van der Waals surface area contributed by atoms with Crippen molar-refractivity contribution >= 4 is 28.6 Å². The summed E-state index contributed by atoms with van der Waals surface area (Å²) in [6.45, 7) is 1.81. The molecule has 6 rings (SSSR count). The summed E-state index contributed by atoms with van der Waals surface area (Å²) in [5, 5.41) is 9.19. The lowest BCUT2D eigenvalue weighted by Gasteiger charge is -2.29. The molecule has 3 aromatic carbocycles. The zero-order chi connectivity index (χ0) is 29.8. The summed E-state index contributed by atoms with van der Waals surface area (Å²) in [4.78, 5) is 29.6. The zero-order valence-electron chi connectivity index (χ0n) is 22.6. The van der Waals surface area contributed by atoms with Gasteiger partial charge in [0.25, 0.3) is 0 Å². The fourth-order valence-corrected chi connectivity index (χ4v) is 5.71. The predicted octanol–water partition coefficient (Wildman–Crippen LogP) is 5.58. The SMILES string of the molecule is CCc1nc2ccc(OC)cc2n1-c1cccc2c1OC[C@H]2N(C(=O)C(F)(F)F)c1ccc2c(c1)OC[C@H]2CC(=O)O. The predicted molar refractivity (Wildman–Crippen MR) is 146 cm³/mol. The Morgan fingerprint density at radius 1 is 1.10 bits per heavy atom. The van der Waals surface area contributed by atoms with E-state index in [1.54, 1.807) is 31.4 Å². The Balaban J connectivity index is 1.46.